The van der Waals surface area contributed by atoms with Crippen molar-refractivity contribution >= 4 is 19.8 Å². The summed E-state index contributed by atoms with van der Waals surface area (Å²) in [4.78, 5) is 21.9. The van der Waals surface area contributed by atoms with Crippen LogP contribution >= 0.6 is 0 Å². The SMILES string of the molecule is CC(=O)C[C@H](O[Si](C)(C)C(C)(C)C)c1ccc([N+](=O)[O-])cc1. The fourth-order valence-electron chi connectivity index (χ4n) is 1.83. The molecule has 0 amide bonds. The number of benzene rings is 1. The van der Waals surface area contributed by atoms with E-state index in [1.54, 1.807) is 12.1 Å². The van der Waals surface area contributed by atoms with Gasteiger partial charge >= 0.3 is 0 Å². The van der Waals surface area contributed by atoms with Gasteiger partial charge in [0.1, 0.15) is 5.78 Å². The van der Waals surface area contributed by atoms with E-state index in [0.717, 1.165) is 5.56 Å². The van der Waals surface area contributed by atoms with Crippen molar-refractivity contribution in [3.63, 3.8) is 0 Å². The maximum Gasteiger partial charge on any atom is 0.269 e. The fraction of sp³-hybridized carbons (Fsp3) is 0.562. The van der Waals surface area contributed by atoms with Gasteiger partial charge < -0.3 is 4.43 Å². The van der Waals surface area contributed by atoms with Crippen LogP contribution in [0.15, 0.2) is 24.3 Å². The Morgan fingerprint density at radius 2 is 1.77 bits per heavy atom. The van der Waals surface area contributed by atoms with Crippen LogP contribution < -0.4 is 0 Å². The average Bonchev–Trinajstić information content (AvgIpc) is 2.36. The van der Waals surface area contributed by atoms with Gasteiger partial charge in [0.15, 0.2) is 8.32 Å². The van der Waals surface area contributed by atoms with E-state index in [0.29, 0.717) is 0 Å². The first-order chi connectivity index (χ1) is 9.94. The number of hydrogen-bond donors (Lipinski definition) is 0. The number of carbonyl (C=O) groups excluding carboxylic acids is 1. The Labute approximate surface area is 133 Å². The summed E-state index contributed by atoms with van der Waals surface area (Å²) in [5.74, 6) is 0.0436. The van der Waals surface area contributed by atoms with Crippen molar-refractivity contribution in [1.29, 1.82) is 0 Å². The molecule has 1 rings (SSSR count). The van der Waals surface area contributed by atoms with Gasteiger partial charge in [0, 0.05) is 18.6 Å². The van der Waals surface area contributed by atoms with Crippen LogP contribution in [-0.2, 0) is 9.22 Å². The Hall–Kier alpha value is -1.53. The van der Waals surface area contributed by atoms with E-state index in [-0.39, 0.29) is 29.0 Å². The number of nitro groups is 1. The van der Waals surface area contributed by atoms with Gasteiger partial charge in [-0.2, -0.15) is 0 Å². The predicted octanol–water partition coefficient (Wildman–Crippen LogP) is 4.64. The van der Waals surface area contributed by atoms with Gasteiger partial charge in [-0.25, -0.2) is 0 Å². The largest absolute Gasteiger partial charge is 0.409 e. The second kappa shape index (κ2) is 6.70. The van der Waals surface area contributed by atoms with E-state index < -0.39 is 13.2 Å². The highest BCUT2D eigenvalue weighted by molar-refractivity contribution is 6.74. The minimum absolute atomic E-state index is 0.0306. The van der Waals surface area contributed by atoms with Crippen molar-refractivity contribution in [3.05, 3.63) is 39.9 Å². The molecule has 0 aliphatic rings. The molecule has 0 unspecified atom stereocenters. The lowest BCUT2D eigenvalue weighted by atomic mass is 10.0. The molecule has 0 saturated heterocycles. The second-order valence-corrected chi connectivity index (χ2v) is 11.9. The number of nitro benzene ring substituents is 1. The first-order valence-electron chi connectivity index (χ1n) is 7.35. The molecular formula is C16H25NO4Si. The van der Waals surface area contributed by atoms with Gasteiger partial charge in [-0.3, -0.25) is 14.9 Å². The molecule has 1 atom stereocenters. The van der Waals surface area contributed by atoms with E-state index >= 15 is 0 Å². The third kappa shape index (κ3) is 4.74. The molecule has 0 radical (unpaired) electrons. The molecule has 0 N–H and O–H groups in total. The lowest BCUT2D eigenvalue weighted by Gasteiger charge is -2.39. The van der Waals surface area contributed by atoms with E-state index in [9.17, 15) is 14.9 Å². The molecule has 22 heavy (non-hydrogen) atoms. The second-order valence-electron chi connectivity index (χ2n) is 7.12. The Balaban J connectivity index is 3.08. The molecule has 6 heteroatoms. The molecule has 0 heterocycles. The van der Waals surface area contributed by atoms with Crippen molar-refractivity contribution < 1.29 is 14.1 Å². The first kappa shape index (κ1) is 18.5. The zero-order valence-electron chi connectivity index (χ0n) is 14.2. The van der Waals surface area contributed by atoms with Crippen LogP contribution in [0.2, 0.25) is 18.1 Å². The van der Waals surface area contributed by atoms with E-state index in [1.165, 1.54) is 19.1 Å². The Kier molecular flexibility index (Phi) is 5.64. The standard InChI is InChI=1S/C16H25NO4Si/c1-12(18)11-15(21-22(5,6)16(2,3)4)13-7-9-14(10-8-13)17(19)20/h7-10,15H,11H2,1-6H3/t15-/m0/s1. The van der Waals surface area contributed by atoms with Crippen molar-refractivity contribution in [3.8, 4) is 0 Å². The summed E-state index contributed by atoms with van der Waals surface area (Å²) in [7, 11) is -2.04. The zero-order chi connectivity index (χ0) is 17.1. The number of carbonyl (C=O) groups is 1. The lowest BCUT2D eigenvalue weighted by molar-refractivity contribution is -0.384. The predicted molar refractivity (Wildman–Crippen MR) is 89.4 cm³/mol. The Morgan fingerprint density at radius 3 is 2.14 bits per heavy atom. The maximum absolute atomic E-state index is 11.6. The van der Waals surface area contributed by atoms with Gasteiger partial charge in [0.25, 0.3) is 5.69 Å². The van der Waals surface area contributed by atoms with Crippen LogP contribution in [0, 0.1) is 10.1 Å². The Bertz CT molecular complexity index is 546. The summed E-state index contributed by atoms with van der Waals surface area (Å²) in [6.45, 7) is 12.2. The lowest BCUT2D eigenvalue weighted by Crippen LogP contribution is -2.42. The quantitative estimate of drug-likeness (QED) is 0.434. The third-order valence-electron chi connectivity index (χ3n) is 4.19. The van der Waals surface area contributed by atoms with Gasteiger partial charge in [0.2, 0.25) is 0 Å². The van der Waals surface area contributed by atoms with E-state index in [4.69, 9.17) is 4.43 Å². The maximum atomic E-state index is 11.6. The highest BCUT2D eigenvalue weighted by Gasteiger charge is 2.39. The highest BCUT2D eigenvalue weighted by Crippen LogP contribution is 2.40. The summed E-state index contributed by atoms with van der Waals surface area (Å²) in [6, 6.07) is 6.27. The van der Waals surface area contributed by atoms with Crippen LogP contribution in [0.4, 0.5) is 5.69 Å². The topological polar surface area (TPSA) is 69.4 Å². The number of rotatable bonds is 6. The third-order valence-corrected chi connectivity index (χ3v) is 8.68. The molecule has 0 spiro atoms. The summed E-state index contributed by atoms with van der Waals surface area (Å²) in [5, 5.41) is 10.8. The molecule has 0 bridgehead atoms. The molecular weight excluding hydrogens is 298 g/mol. The number of ketones is 1. The number of nitrogens with zero attached hydrogens (tertiary/aromatic N) is 1. The fourth-order valence-corrected chi connectivity index (χ4v) is 3.12. The van der Waals surface area contributed by atoms with Crippen LogP contribution in [-0.4, -0.2) is 19.0 Å². The summed E-state index contributed by atoms with van der Waals surface area (Å²) in [6.07, 6.45) is -0.0659. The summed E-state index contributed by atoms with van der Waals surface area (Å²) < 4.78 is 6.35. The molecule has 0 aliphatic heterocycles. The minimum Gasteiger partial charge on any atom is -0.409 e. The molecule has 0 aromatic heterocycles. The smallest absolute Gasteiger partial charge is 0.269 e. The Morgan fingerprint density at radius 1 is 1.27 bits per heavy atom. The molecule has 1 aromatic carbocycles. The summed E-state index contributed by atoms with van der Waals surface area (Å²) in [5.41, 5.74) is 0.850. The van der Waals surface area contributed by atoms with Crippen LogP contribution in [0.5, 0.6) is 0 Å². The van der Waals surface area contributed by atoms with Gasteiger partial charge in [-0.15, -0.1) is 0 Å². The molecule has 5 nitrogen and oxygen atoms in total. The van der Waals surface area contributed by atoms with Crippen LogP contribution in [0.1, 0.15) is 45.8 Å². The number of Topliss-reactive ketones (excluding diaryl/α,β-unsaturated/α-hetero) is 1. The van der Waals surface area contributed by atoms with Crippen molar-refractivity contribution in [2.75, 3.05) is 0 Å². The van der Waals surface area contributed by atoms with E-state index in [1.807, 2.05) is 0 Å². The van der Waals surface area contributed by atoms with Crippen molar-refractivity contribution in [2.45, 2.75) is 58.4 Å². The molecule has 0 aliphatic carbocycles. The van der Waals surface area contributed by atoms with Gasteiger partial charge in [0.05, 0.1) is 11.0 Å². The van der Waals surface area contributed by atoms with Crippen molar-refractivity contribution in [1.82, 2.24) is 0 Å². The molecule has 0 fully saturated rings. The summed E-state index contributed by atoms with van der Waals surface area (Å²) >= 11 is 0. The first-order valence-corrected chi connectivity index (χ1v) is 10.3. The number of hydrogen-bond acceptors (Lipinski definition) is 4. The average molecular weight is 323 g/mol. The molecule has 0 saturated carbocycles. The van der Waals surface area contributed by atoms with Crippen molar-refractivity contribution in [2.24, 2.45) is 0 Å². The van der Waals surface area contributed by atoms with Crippen LogP contribution in [0.25, 0.3) is 0 Å². The molecule has 122 valence electrons. The van der Waals surface area contributed by atoms with Gasteiger partial charge in [-0.05, 0) is 42.8 Å². The monoisotopic (exact) mass is 323 g/mol. The van der Waals surface area contributed by atoms with Crippen LogP contribution in [0.3, 0.4) is 0 Å². The normalized spacial score (nSPS) is 13.7. The van der Waals surface area contributed by atoms with E-state index in [2.05, 4.69) is 33.9 Å². The number of non-ortho nitro benzene ring substituents is 1. The van der Waals surface area contributed by atoms with Gasteiger partial charge in [-0.1, -0.05) is 20.8 Å². The molecule has 1 aromatic rings. The highest BCUT2D eigenvalue weighted by atomic mass is 28.4. The zero-order valence-corrected chi connectivity index (χ0v) is 15.2. The minimum atomic E-state index is -2.04.